The molecule has 0 aliphatic carbocycles. The molecule has 7 nitrogen and oxygen atoms in total. The minimum absolute atomic E-state index is 0.158. The van der Waals surface area contributed by atoms with Crippen molar-refractivity contribution in [3.63, 3.8) is 0 Å². The number of nitrogens with zero attached hydrogens (tertiary/aromatic N) is 4. The van der Waals surface area contributed by atoms with Crippen molar-refractivity contribution >= 4 is 17.0 Å². The van der Waals surface area contributed by atoms with Crippen LogP contribution in [0.4, 0.5) is 4.79 Å². The third kappa shape index (κ3) is 3.54. The van der Waals surface area contributed by atoms with Crippen LogP contribution >= 0.6 is 0 Å². The Hall–Kier alpha value is -2.83. The fourth-order valence-corrected chi connectivity index (χ4v) is 3.53. The number of rotatable bonds is 4. The molecule has 1 unspecified atom stereocenters. The average molecular weight is 367 g/mol. The van der Waals surface area contributed by atoms with Crippen molar-refractivity contribution in [1.29, 1.82) is 0 Å². The van der Waals surface area contributed by atoms with E-state index in [1.165, 1.54) is 6.42 Å². The van der Waals surface area contributed by atoms with Crippen LogP contribution in [0.5, 0.6) is 0 Å². The molecule has 3 heterocycles. The van der Waals surface area contributed by atoms with Gasteiger partial charge in [0.25, 0.3) is 0 Å². The maximum Gasteiger partial charge on any atom is 0.318 e. The van der Waals surface area contributed by atoms with E-state index in [2.05, 4.69) is 20.1 Å². The van der Waals surface area contributed by atoms with E-state index in [4.69, 9.17) is 4.42 Å². The summed E-state index contributed by atoms with van der Waals surface area (Å²) in [6.07, 6.45) is 4.47. The van der Waals surface area contributed by atoms with Gasteiger partial charge in [-0.05, 0) is 31.9 Å². The number of carbonyl (C=O) groups excluding carboxylic acids is 1. The van der Waals surface area contributed by atoms with Gasteiger partial charge in [0.2, 0.25) is 0 Å². The Morgan fingerprint density at radius 1 is 1.30 bits per heavy atom. The number of hydrogen-bond donors (Lipinski definition) is 1. The molecule has 1 N–H and O–H groups in total. The summed E-state index contributed by atoms with van der Waals surface area (Å²) in [7, 11) is 1.78. The van der Waals surface area contributed by atoms with Crippen LogP contribution in [-0.2, 0) is 19.5 Å². The lowest BCUT2D eigenvalue weighted by Crippen LogP contribution is -2.38. The van der Waals surface area contributed by atoms with Gasteiger partial charge in [-0.2, -0.15) is 0 Å². The monoisotopic (exact) mass is 367 g/mol. The highest BCUT2D eigenvalue weighted by atomic mass is 16.3. The van der Waals surface area contributed by atoms with Crippen molar-refractivity contribution in [2.24, 2.45) is 0 Å². The predicted molar refractivity (Wildman–Crippen MR) is 102 cm³/mol. The first-order chi connectivity index (χ1) is 13.1. The Kier molecular flexibility index (Phi) is 4.83. The molecule has 1 aliphatic heterocycles. The van der Waals surface area contributed by atoms with E-state index >= 15 is 0 Å². The molecule has 3 aromatic rings. The van der Waals surface area contributed by atoms with Crippen molar-refractivity contribution in [3.8, 4) is 0 Å². The number of hydrogen-bond acceptors (Lipinski definition) is 4. The fourth-order valence-electron chi connectivity index (χ4n) is 3.53. The number of nitrogens with one attached hydrogen (secondary N) is 1. The van der Waals surface area contributed by atoms with Gasteiger partial charge in [-0.25, -0.2) is 4.79 Å². The van der Waals surface area contributed by atoms with Crippen LogP contribution in [0.15, 0.2) is 34.7 Å². The molecule has 27 heavy (non-hydrogen) atoms. The van der Waals surface area contributed by atoms with Gasteiger partial charge >= 0.3 is 6.03 Å². The van der Waals surface area contributed by atoms with Gasteiger partial charge in [-0.3, -0.25) is 0 Å². The van der Waals surface area contributed by atoms with Crippen LogP contribution < -0.4 is 5.32 Å². The van der Waals surface area contributed by atoms with Crippen molar-refractivity contribution in [2.45, 2.75) is 51.7 Å². The number of amides is 2. The van der Waals surface area contributed by atoms with Gasteiger partial charge in [0, 0.05) is 25.4 Å². The summed E-state index contributed by atoms with van der Waals surface area (Å²) < 4.78 is 8.04. The van der Waals surface area contributed by atoms with E-state index in [0.717, 1.165) is 54.2 Å². The lowest BCUT2D eigenvalue weighted by Gasteiger charge is -2.23. The molecular formula is C20H25N5O2. The van der Waals surface area contributed by atoms with E-state index < -0.39 is 0 Å². The topological polar surface area (TPSA) is 76.2 Å². The van der Waals surface area contributed by atoms with Crippen LogP contribution in [0.25, 0.3) is 11.0 Å². The number of para-hydroxylation sites is 1. The molecule has 0 saturated heterocycles. The Morgan fingerprint density at radius 2 is 2.15 bits per heavy atom. The lowest BCUT2D eigenvalue weighted by molar-refractivity contribution is 0.187. The first-order valence-electron chi connectivity index (χ1n) is 9.53. The number of carbonyl (C=O) groups is 1. The smallest absolute Gasteiger partial charge is 0.318 e. The zero-order chi connectivity index (χ0) is 18.8. The molecule has 0 radical (unpaired) electrons. The molecule has 0 spiro atoms. The second-order valence-electron chi connectivity index (χ2n) is 7.13. The summed E-state index contributed by atoms with van der Waals surface area (Å²) in [5.74, 6) is 2.62. The highest BCUT2D eigenvalue weighted by molar-refractivity contribution is 5.78. The molecule has 4 rings (SSSR count). The van der Waals surface area contributed by atoms with Gasteiger partial charge < -0.3 is 19.2 Å². The molecule has 2 amide bonds. The number of aryl methyl sites for hydroxylation is 1. The highest BCUT2D eigenvalue weighted by Crippen LogP contribution is 2.26. The number of fused-ring (bicyclic) bond motifs is 2. The van der Waals surface area contributed by atoms with Gasteiger partial charge in [-0.1, -0.05) is 24.6 Å². The van der Waals surface area contributed by atoms with Crippen molar-refractivity contribution in [2.75, 3.05) is 7.05 Å². The highest BCUT2D eigenvalue weighted by Gasteiger charge is 2.22. The summed E-state index contributed by atoms with van der Waals surface area (Å²) >= 11 is 0. The van der Waals surface area contributed by atoms with Crippen molar-refractivity contribution in [1.82, 2.24) is 25.0 Å². The van der Waals surface area contributed by atoms with Crippen LogP contribution in [-0.4, -0.2) is 32.7 Å². The normalized spacial score (nSPS) is 15.2. The number of urea groups is 1. The number of furan rings is 1. The molecule has 7 heteroatoms. The Bertz CT molecular complexity index is 912. The summed E-state index contributed by atoms with van der Waals surface area (Å²) in [6.45, 7) is 3.27. The van der Waals surface area contributed by atoms with E-state index in [-0.39, 0.29) is 12.1 Å². The lowest BCUT2D eigenvalue weighted by atomic mass is 10.2. The van der Waals surface area contributed by atoms with E-state index in [9.17, 15) is 4.79 Å². The first kappa shape index (κ1) is 17.6. The molecule has 2 aromatic heterocycles. The Morgan fingerprint density at radius 3 is 3.00 bits per heavy atom. The molecule has 0 bridgehead atoms. The third-order valence-corrected chi connectivity index (χ3v) is 5.34. The standard InChI is InChI=1S/C20H25N5O2/c1-14(17-12-15-8-5-6-9-16(15)27-17)24(2)20(26)21-13-19-23-22-18-10-4-3-7-11-25(18)19/h5-6,8-9,12,14H,3-4,7,10-11,13H2,1-2H3,(H,21,26). The second-order valence-corrected chi connectivity index (χ2v) is 7.13. The van der Waals surface area contributed by atoms with Crippen LogP contribution in [0.1, 0.15) is 49.6 Å². The van der Waals surface area contributed by atoms with Gasteiger partial charge in [0.1, 0.15) is 17.2 Å². The van der Waals surface area contributed by atoms with Gasteiger partial charge in [-0.15, -0.1) is 10.2 Å². The minimum atomic E-state index is -0.173. The van der Waals surface area contributed by atoms with E-state index in [1.54, 1.807) is 11.9 Å². The quantitative estimate of drug-likeness (QED) is 0.764. The molecule has 1 aromatic carbocycles. The predicted octanol–water partition coefficient (Wildman–Crippen LogP) is 3.65. The molecule has 0 saturated carbocycles. The molecule has 1 aliphatic rings. The summed E-state index contributed by atoms with van der Waals surface area (Å²) in [4.78, 5) is 14.3. The van der Waals surface area contributed by atoms with Crippen molar-refractivity contribution < 1.29 is 9.21 Å². The molecule has 1 atom stereocenters. The Labute approximate surface area is 158 Å². The number of benzene rings is 1. The largest absolute Gasteiger partial charge is 0.459 e. The van der Waals surface area contributed by atoms with Crippen LogP contribution in [0, 0.1) is 0 Å². The van der Waals surface area contributed by atoms with Crippen molar-refractivity contribution in [3.05, 3.63) is 47.7 Å². The molecule has 142 valence electrons. The summed E-state index contributed by atoms with van der Waals surface area (Å²) in [6, 6.07) is 9.51. The third-order valence-electron chi connectivity index (χ3n) is 5.34. The first-order valence-corrected chi connectivity index (χ1v) is 9.53. The van der Waals surface area contributed by atoms with E-state index in [0.29, 0.717) is 6.54 Å². The Balaban J connectivity index is 1.41. The maximum atomic E-state index is 12.6. The fraction of sp³-hybridized carbons (Fsp3) is 0.450. The minimum Gasteiger partial charge on any atom is -0.459 e. The zero-order valence-corrected chi connectivity index (χ0v) is 15.8. The van der Waals surface area contributed by atoms with Crippen LogP contribution in [0.3, 0.4) is 0 Å². The second kappa shape index (κ2) is 7.42. The van der Waals surface area contributed by atoms with E-state index in [1.807, 2.05) is 37.3 Å². The van der Waals surface area contributed by atoms with Gasteiger partial charge in [0.05, 0.1) is 12.6 Å². The molecular weight excluding hydrogens is 342 g/mol. The van der Waals surface area contributed by atoms with Gasteiger partial charge in [0.15, 0.2) is 5.82 Å². The zero-order valence-electron chi connectivity index (χ0n) is 15.8. The summed E-state index contributed by atoms with van der Waals surface area (Å²) in [5.41, 5.74) is 0.833. The maximum absolute atomic E-state index is 12.6. The average Bonchev–Trinajstić information content (AvgIpc) is 3.21. The summed E-state index contributed by atoms with van der Waals surface area (Å²) in [5, 5.41) is 12.5. The SMILES string of the molecule is CC(c1cc2ccccc2o1)N(C)C(=O)NCc1nnc2n1CCCCC2. The van der Waals surface area contributed by atoms with Crippen LogP contribution in [0.2, 0.25) is 0 Å². The number of aromatic nitrogens is 3. The molecule has 0 fully saturated rings.